The molecule has 0 aliphatic carbocycles. The van der Waals surface area contributed by atoms with Crippen LogP contribution >= 0.6 is 23.4 Å². The molecule has 1 aliphatic heterocycles. The molecule has 178 valence electrons. The summed E-state index contributed by atoms with van der Waals surface area (Å²) in [6, 6.07) is 9.70. The van der Waals surface area contributed by atoms with Crippen LogP contribution in [0.1, 0.15) is 25.7 Å². The zero-order chi connectivity index (χ0) is 24.0. The van der Waals surface area contributed by atoms with Crippen molar-refractivity contribution in [3.63, 3.8) is 0 Å². The minimum Gasteiger partial charge on any atom is -0.405 e. The average molecular weight is 501 g/mol. The van der Waals surface area contributed by atoms with Gasteiger partial charge in [-0.2, -0.15) is 11.8 Å². The number of rotatable bonds is 7. The fourth-order valence-corrected chi connectivity index (χ4v) is 4.44. The van der Waals surface area contributed by atoms with Crippen molar-refractivity contribution >= 4 is 40.9 Å². The Morgan fingerprint density at radius 1 is 1.18 bits per heavy atom. The van der Waals surface area contributed by atoms with E-state index in [9.17, 15) is 22.8 Å². The highest BCUT2D eigenvalue weighted by atomic mass is 35.5. The molecule has 33 heavy (non-hydrogen) atoms. The lowest BCUT2D eigenvalue weighted by Gasteiger charge is -2.34. The van der Waals surface area contributed by atoms with Crippen molar-refractivity contribution in [3.05, 3.63) is 47.5 Å². The summed E-state index contributed by atoms with van der Waals surface area (Å²) in [5.74, 6) is -0.0266. The van der Waals surface area contributed by atoms with Gasteiger partial charge in [-0.3, -0.25) is 9.59 Å². The highest BCUT2D eigenvalue weighted by molar-refractivity contribution is 7.98. The van der Waals surface area contributed by atoms with Gasteiger partial charge < -0.3 is 15.0 Å². The lowest BCUT2D eigenvalue weighted by molar-refractivity contribution is -0.274. The molecule has 0 bridgehead atoms. The van der Waals surface area contributed by atoms with Gasteiger partial charge in [-0.05, 0) is 43.7 Å². The van der Waals surface area contributed by atoms with E-state index in [0.717, 1.165) is 12.8 Å². The fourth-order valence-electron chi connectivity index (χ4n) is 3.78. The molecule has 0 aromatic heterocycles. The molecule has 5 nitrogen and oxygen atoms in total. The number of ether oxygens (including phenoxy) is 1. The highest BCUT2D eigenvalue weighted by Crippen LogP contribution is 2.38. The maximum absolute atomic E-state index is 12.9. The van der Waals surface area contributed by atoms with E-state index in [1.807, 2.05) is 6.26 Å². The number of nitrogens with zero attached hydrogens (tertiary/aromatic N) is 1. The standard InChI is InChI=1S/C23H24ClF3N2O3S/c1-33-13-11-21(30)29-12-5-4-7-19(29)22(31)28-15-9-10-16(18(24)14-15)17-6-2-3-8-20(17)32-23(25,26)27/h2-3,6,8-10,14,19H,4-5,7,11-13H2,1H3,(H,28,31). The number of para-hydroxylation sites is 1. The fraction of sp³-hybridized carbons (Fsp3) is 0.391. The first kappa shape index (κ1) is 25.2. The van der Waals surface area contributed by atoms with Crippen LogP contribution in [0.2, 0.25) is 5.02 Å². The molecule has 1 atom stereocenters. The molecule has 0 radical (unpaired) electrons. The Bertz CT molecular complexity index is 1000. The lowest BCUT2D eigenvalue weighted by Crippen LogP contribution is -2.50. The molecule has 1 unspecified atom stereocenters. The largest absolute Gasteiger partial charge is 0.573 e. The summed E-state index contributed by atoms with van der Waals surface area (Å²) in [5.41, 5.74) is 0.904. The van der Waals surface area contributed by atoms with E-state index in [1.165, 1.54) is 30.3 Å². The number of nitrogens with one attached hydrogen (secondary N) is 1. The Balaban J connectivity index is 1.77. The highest BCUT2D eigenvalue weighted by Gasteiger charge is 2.33. The van der Waals surface area contributed by atoms with Gasteiger partial charge in [0.2, 0.25) is 11.8 Å². The van der Waals surface area contributed by atoms with Gasteiger partial charge in [-0.15, -0.1) is 13.2 Å². The van der Waals surface area contributed by atoms with Crippen molar-refractivity contribution in [2.45, 2.75) is 38.1 Å². The van der Waals surface area contributed by atoms with Gasteiger partial charge >= 0.3 is 6.36 Å². The van der Waals surface area contributed by atoms with Crippen LogP contribution in [0.5, 0.6) is 5.75 Å². The molecule has 0 saturated carbocycles. The first-order valence-electron chi connectivity index (χ1n) is 10.4. The van der Waals surface area contributed by atoms with E-state index in [-0.39, 0.29) is 28.1 Å². The number of likely N-dealkylation sites (tertiary alicyclic amines) is 1. The summed E-state index contributed by atoms with van der Waals surface area (Å²) in [6.45, 7) is 0.543. The summed E-state index contributed by atoms with van der Waals surface area (Å²) >= 11 is 7.93. The second-order valence-electron chi connectivity index (χ2n) is 7.57. The van der Waals surface area contributed by atoms with E-state index in [2.05, 4.69) is 10.1 Å². The molecule has 10 heteroatoms. The zero-order valence-corrected chi connectivity index (χ0v) is 19.5. The Kier molecular flexibility index (Phi) is 8.53. The summed E-state index contributed by atoms with van der Waals surface area (Å²) in [6.07, 6.45) is -0.255. The monoisotopic (exact) mass is 500 g/mol. The van der Waals surface area contributed by atoms with E-state index in [0.29, 0.717) is 36.4 Å². The quantitative estimate of drug-likeness (QED) is 0.508. The van der Waals surface area contributed by atoms with Crippen LogP contribution in [-0.2, 0) is 9.59 Å². The molecule has 1 fully saturated rings. The van der Waals surface area contributed by atoms with Gasteiger partial charge in [-0.1, -0.05) is 35.9 Å². The SMILES string of the molecule is CSCCC(=O)N1CCCCC1C(=O)Nc1ccc(-c2ccccc2OC(F)(F)F)c(Cl)c1. The van der Waals surface area contributed by atoms with Crippen LogP contribution in [0.3, 0.4) is 0 Å². The van der Waals surface area contributed by atoms with Crippen molar-refractivity contribution in [1.29, 1.82) is 0 Å². The van der Waals surface area contributed by atoms with Crippen LogP contribution in [0, 0.1) is 0 Å². The second-order valence-corrected chi connectivity index (χ2v) is 8.96. The number of piperidine rings is 1. The van der Waals surface area contributed by atoms with Crippen molar-refractivity contribution in [3.8, 4) is 16.9 Å². The van der Waals surface area contributed by atoms with Crippen molar-refractivity contribution < 1.29 is 27.5 Å². The number of anilines is 1. The average Bonchev–Trinajstić information content (AvgIpc) is 2.77. The first-order valence-corrected chi connectivity index (χ1v) is 12.2. The van der Waals surface area contributed by atoms with Crippen molar-refractivity contribution in [2.75, 3.05) is 23.9 Å². The molecule has 1 saturated heterocycles. The molecule has 0 spiro atoms. The third-order valence-corrected chi connectivity index (χ3v) is 6.21. The van der Waals surface area contributed by atoms with Gasteiger partial charge in [0.05, 0.1) is 5.02 Å². The molecule has 1 aliphatic rings. The van der Waals surface area contributed by atoms with Crippen LogP contribution in [0.4, 0.5) is 18.9 Å². The van der Waals surface area contributed by atoms with Crippen LogP contribution in [-0.4, -0.2) is 47.7 Å². The summed E-state index contributed by atoms with van der Waals surface area (Å²) < 4.78 is 42.4. The molecule has 2 aromatic rings. The van der Waals surface area contributed by atoms with E-state index in [1.54, 1.807) is 28.8 Å². The zero-order valence-electron chi connectivity index (χ0n) is 18.0. The number of hydrogen-bond acceptors (Lipinski definition) is 4. The minimum atomic E-state index is -4.84. The minimum absolute atomic E-state index is 0.0427. The number of amides is 2. The Morgan fingerprint density at radius 2 is 1.94 bits per heavy atom. The first-order chi connectivity index (χ1) is 15.7. The predicted molar refractivity (Wildman–Crippen MR) is 125 cm³/mol. The Hall–Kier alpha value is -2.39. The summed E-state index contributed by atoms with van der Waals surface area (Å²) in [4.78, 5) is 27.1. The summed E-state index contributed by atoms with van der Waals surface area (Å²) in [5, 5.41) is 2.95. The maximum atomic E-state index is 12.9. The lowest BCUT2D eigenvalue weighted by atomic mass is 10.0. The molecule has 3 rings (SSSR count). The molecule has 2 amide bonds. The van der Waals surface area contributed by atoms with Crippen LogP contribution in [0.25, 0.3) is 11.1 Å². The Morgan fingerprint density at radius 3 is 2.64 bits per heavy atom. The smallest absolute Gasteiger partial charge is 0.405 e. The van der Waals surface area contributed by atoms with E-state index < -0.39 is 12.4 Å². The predicted octanol–water partition coefficient (Wildman–Crippen LogP) is 5.98. The number of carbonyl (C=O) groups is 2. The maximum Gasteiger partial charge on any atom is 0.573 e. The molecule has 2 aromatic carbocycles. The third kappa shape index (κ3) is 6.80. The van der Waals surface area contributed by atoms with Gasteiger partial charge in [0, 0.05) is 35.5 Å². The van der Waals surface area contributed by atoms with Gasteiger partial charge in [0.25, 0.3) is 0 Å². The number of alkyl halides is 3. The van der Waals surface area contributed by atoms with Gasteiger partial charge in [-0.25, -0.2) is 0 Å². The van der Waals surface area contributed by atoms with E-state index in [4.69, 9.17) is 11.6 Å². The number of hydrogen-bond donors (Lipinski definition) is 1. The summed E-state index contributed by atoms with van der Waals surface area (Å²) in [7, 11) is 0. The van der Waals surface area contributed by atoms with Gasteiger partial charge in [0.1, 0.15) is 11.8 Å². The van der Waals surface area contributed by atoms with Gasteiger partial charge in [0.15, 0.2) is 0 Å². The number of carbonyl (C=O) groups excluding carboxylic acids is 2. The second kappa shape index (κ2) is 11.2. The van der Waals surface area contributed by atoms with Crippen LogP contribution < -0.4 is 10.1 Å². The number of benzene rings is 2. The third-order valence-electron chi connectivity index (χ3n) is 5.29. The number of thioether (sulfide) groups is 1. The van der Waals surface area contributed by atoms with Crippen molar-refractivity contribution in [2.24, 2.45) is 0 Å². The number of halogens is 4. The molecule has 1 N–H and O–H groups in total. The van der Waals surface area contributed by atoms with Crippen LogP contribution in [0.15, 0.2) is 42.5 Å². The van der Waals surface area contributed by atoms with Crippen molar-refractivity contribution in [1.82, 2.24) is 4.90 Å². The van der Waals surface area contributed by atoms with E-state index >= 15 is 0 Å². The molecular weight excluding hydrogens is 477 g/mol. The molecular formula is C23H24ClF3N2O3S. The molecule has 1 heterocycles. The normalized spacial score (nSPS) is 16.4. The Labute approximate surface area is 199 Å². The topological polar surface area (TPSA) is 58.6 Å².